The summed E-state index contributed by atoms with van der Waals surface area (Å²) in [5.41, 5.74) is 0.864. The first kappa shape index (κ1) is 19.4. The van der Waals surface area contributed by atoms with Gasteiger partial charge in [-0.25, -0.2) is 9.37 Å². The Morgan fingerprint density at radius 3 is 2.75 bits per heavy atom. The molecule has 8 heteroatoms. The molecule has 1 aromatic heterocycles. The molecule has 4 rings (SSSR count). The first-order valence-electron chi connectivity index (χ1n) is 9.05. The number of aromatic nitrogens is 1. The van der Waals surface area contributed by atoms with Crippen molar-refractivity contribution in [1.29, 1.82) is 0 Å². The Kier molecular flexibility index (Phi) is 6.01. The molecule has 1 fully saturated rings. The van der Waals surface area contributed by atoms with E-state index < -0.39 is 0 Å². The van der Waals surface area contributed by atoms with Crippen LogP contribution in [-0.2, 0) is 4.74 Å². The number of halogens is 2. The number of amides is 1. The SMILES string of the molecule is O=C(c1ccccc1Br)N(CCN1CCOCC1)c1nc2c(F)cccc2s1. The van der Waals surface area contributed by atoms with Crippen LogP contribution in [-0.4, -0.2) is 55.2 Å². The smallest absolute Gasteiger partial charge is 0.261 e. The zero-order chi connectivity index (χ0) is 19.5. The van der Waals surface area contributed by atoms with Crippen LogP contribution in [0, 0.1) is 5.82 Å². The molecule has 0 saturated carbocycles. The third-order valence-electron chi connectivity index (χ3n) is 4.68. The van der Waals surface area contributed by atoms with Gasteiger partial charge in [-0.2, -0.15) is 0 Å². The van der Waals surface area contributed by atoms with E-state index in [2.05, 4.69) is 25.8 Å². The number of carbonyl (C=O) groups is 1. The zero-order valence-electron chi connectivity index (χ0n) is 15.1. The van der Waals surface area contributed by atoms with Crippen molar-refractivity contribution in [2.45, 2.75) is 0 Å². The van der Waals surface area contributed by atoms with E-state index in [-0.39, 0.29) is 11.7 Å². The second kappa shape index (κ2) is 8.65. The Bertz CT molecular complexity index is 990. The molecule has 2 aromatic carbocycles. The van der Waals surface area contributed by atoms with Gasteiger partial charge in [0.1, 0.15) is 11.3 Å². The number of hydrogen-bond donors (Lipinski definition) is 0. The van der Waals surface area contributed by atoms with Crippen molar-refractivity contribution in [1.82, 2.24) is 9.88 Å². The molecule has 1 aliphatic heterocycles. The summed E-state index contributed by atoms with van der Waals surface area (Å²) >= 11 is 4.79. The Hall–Kier alpha value is -1.87. The topological polar surface area (TPSA) is 45.7 Å². The molecular weight excluding hydrogens is 445 g/mol. The Balaban J connectivity index is 1.66. The number of fused-ring (bicyclic) bond motifs is 1. The van der Waals surface area contributed by atoms with Crippen LogP contribution in [0.25, 0.3) is 10.2 Å². The summed E-state index contributed by atoms with van der Waals surface area (Å²) in [6, 6.07) is 12.2. The second-order valence-corrected chi connectivity index (χ2v) is 8.34. The van der Waals surface area contributed by atoms with E-state index in [1.807, 2.05) is 24.3 Å². The monoisotopic (exact) mass is 463 g/mol. The van der Waals surface area contributed by atoms with E-state index in [1.165, 1.54) is 17.4 Å². The number of carbonyl (C=O) groups excluding carboxylic acids is 1. The lowest BCUT2D eigenvalue weighted by atomic mass is 10.2. The number of nitrogens with zero attached hydrogens (tertiary/aromatic N) is 3. The van der Waals surface area contributed by atoms with Crippen molar-refractivity contribution in [2.24, 2.45) is 0 Å². The molecule has 0 atom stereocenters. The maximum absolute atomic E-state index is 14.1. The number of rotatable bonds is 5. The van der Waals surface area contributed by atoms with Gasteiger partial charge < -0.3 is 4.74 Å². The van der Waals surface area contributed by atoms with Gasteiger partial charge in [-0.1, -0.05) is 29.5 Å². The molecule has 28 heavy (non-hydrogen) atoms. The van der Waals surface area contributed by atoms with Crippen molar-refractivity contribution in [3.05, 3.63) is 58.3 Å². The molecule has 0 radical (unpaired) electrons. The highest BCUT2D eigenvalue weighted by molar-refractivity contribution is 9.10. The quantitative estimate of drug-likeness (QED) is 0.569. The highest BCUT2D eigenvalue weighted by atomic mass is 79.9. The number of benzene rings is 2. The second-order valence-electron chi connectivity index (χ2n) is 6.47. The van der Waals surface area contributed by atoms with Crippen LogP contribution >= 0.6 is 27.3 Å². The van der Waals surface area contributed by atoms with Crippen molar-refractivity contribution >= 4 is 48.5 Å². The van der Waals surface area contributed by atoms with Gasteiger partial charge in [0, 0.05) is 30.7 Å². The number of morpholine rings is 1. The molecule has 0 N–H and O–H groups in total. The van der Waals surface area contributed by atoms with Gasteiger partial charge in [0.2, 0.25) is 0 Å². The zero-order valence-corrected chi connectivity index (χ0v) is 17.5. The van der Waals surface area contributed by atoms with Crippen LogP contribution in [0.4, 0.5) is 9.52 Å². The minimum absolute atomic E-state index is 0.153. The van der Waals surface area contributed by atoms with Crippen LogP contribution in [0.2, 0.25) is 0 Å². The number of ether oxygens (including phenoxy) is 1. The number of anilines is 1. The normalized spacial score (nSPS) is 15.1. The van der Waals surface area contributed by atoms with E-state index in [9.17, 15) is 9.18 Å². The molecule has 1 aliphatic rings. The van der Waals surface area contributed by atoms with Crippen molar-refractivity contribution in [3.63, 3.8) is 0 Å². The molecule has 0 aliphatic carbocycles. The van der Waals surface area contributed by atoms with E-state index in [0.29, 0.717) is 42.5 Å². The Labute approximate surface area is 174 Å². The van der Waals surface area contributed by atoms with E-state index in [0.717, 1.165) is 22.3 Å². The number of thiazole rings is 1. The van der Waals surface area contributed by atoms with Gasteiger partial charge in [-0.3, -0.25) is 14.6 Å². The maximum atomic E-state index is 14.1. The van der Waals surface area contributed by atoms with Crippen molar-refractivity contribution < 1.29 is 13.9 Å². The van der Waals surface area contributed by atoms with E-state index in [1.54, 1.807) is 17.0 Å². The first-order valence-corrected chi connectivity index (χ1v) is 10.7. The summed E-state index contributed by atoms with van der Waals surface area (Å²) in [5.74, 6) is -0.526. The highest BCUT2D eigenvalue weighted by Gasteiger charge is 2.24. The summed E-state index contributed by atoms with van der Waals surface area (Å²) < 4.78 is 21.0. The molecule has 1 amide bonds. The lowest BCUT2D eigenvalue weighted by Gasteiger charge is -2.29. The van der Waals surface area contributed by atoms with Crippen LogP contribution in [0.15, 0.2) is 46.9 Å². The Morgan fingerprint density at radius 1 is 1.21 bits per heavy atom. The van der Waals surface area contributed by atoms with E-state index in [4.69, 9.17) is 4.74 Å². The molecule has 0 spiro atoms. The van der Waals surface area contributed by atoms with Crippen molar-refractivity contribution in [2.75, 3.05) is 44.3 Å². The largest absolute Gasteiger partial charge is 0.379 e. The Morgan fingerprint density at radius 2 is 2.00 bits per heavy atom. The van der Waals surface area contributed by atoms with Crippen LogP contribution in [0.5, 0.6) is 0 Å². The molecule has 3 aromatic rings. The fourth-order valence-electron chi connectivity index (χ4n) is 3.15. The predicted molar refractivity (Wildman–Crippen MR) is 113 cm³/mol. The average Bonchev–Trinajstić information content (AvgIpc) is 3.14. The maximum Gasteiger partial charge on any atom is 0.261 e. The highest BCUT2D eigenvalue weighted by Crippen LogP contribution is 2.31. The minimum Gasteiger partial charge on any atom is -0.379 e. The lowest BCUT2D eigenvalue weighted by Crippen LogP contribution is -2.43. The third kappa shape index (κ3) is 4.10. The van der Waals surface area contributed by atoms with Gasteiger partial charge in [-0.05, 0) is 40.2 Å². The van der Waals surface area contributed by atoms with Gasteiger partial charge in [0.25, 0.3) is 5.91 Å². The lowest BCUT2D eigenvalue weighted by molar-refractivity contribution is 0.0391. The number of hydrogen-bond acceptors (Lipinski definition) is 5. The van der Waals surface area contributed by atoms with Crippen LogP contribution in [0.3, 0.4) is 0 Å². The fourth-order valence-corrected chi connectivity index (χ4v) is 4.61. The summed E-state index contributed by atoms with van der Waals surface area (Å²) in [5, 5.41) is 0.508. The molecular formula is C20H19BrFN3O2S. The van der Waals surface area contributed by atoms with E-state index >= 15 is 0 Å². The van der Waals surface area contributed by atoms with Gasteiger partial charge in [0.15, 0.2) is 5.13 Å². The summed E-state index contributed by atoms with van der Waals surface area (Å²) in [7, 11) is 0. The summed E-state index contributed by atoms with van der Waals surface area (Å²) in [6.07, 6.45) is 0. The minimum atomic E-state index is -0.374. The molecule has 0 unspecified atom stereocenters. The predicted octanol–water partition coefficient (Wildman–Crippen LogP) is 4.18. The first-order chi connectivity index (χ1) is 13.6. The van der Waals surface area contributed by atoms with Gasteiger partial charge >= 0.3 is 0 Å². The van der Waals surface area contributed by atoms with Crippen LogP contribution in [0.1, 0.15) is 10.4 Å². The molecule has 146 valence electrons. The molecule has 1 saturated heterocycles. The summed E-state index contributed by atoms with van der Waals surface area (Å²) in [4.78, 5) is 21.7. The fraction of sp³-hybridized carbons (Fsp3) is 0.300. The standard InChI is InChI=1S/C20H19BrFN3O2S/c21-15-5-2-1-4-14(15)19(26)25(9-8-24-10-12-27-13-11-24)20-23-18-16(22)6-3-7-17(18)28-20/h1-7H,8-13H2. The third-order valence-corrected chi connectivity index (χ3v) is 6.42. The van der Waals surface area contributed by atoms with Gasteiger partial charge in [0.05, 0.1) is 23.5 Å². The molecule has 2 heterocycles. The molecule has 0 bridgehead atoms. The number of para-hydroxylation sites is 1. The van der Waals surface area contributed by atoms with Crippen molar-refractivity contribution in [3.8, 4) is 0 Å². The molecule has 5 nitrogen and oxygen atoms in total. The van der Waals surface area contributed by atoms with Crippen LogP contribution < -0.4 is 4.90 Å². The average molecular weight is 464 g/mol. The summed E-state index contributed by atoms with van der Waals surface area (Å²) in [6.45, 7) is 4.26. The van der Waals surface area contributed by atoms with Gasteiger partial charge in [-0.15, -0.1) is 0 Å².